The number of carbonyl (C=O) groups excluding carboxylic acids is 6. The van der Waals surface area contributed by atoms with Gasteiger partial charge in [0.1, 0.15) is 23.9 Å². The van der Waals surface area contributed by atoms with E-state index < -0.39 is 66.7 Å². The largest absolute Gasteiger partial charge is 0.508 e. The second-order valence-corrected chi connectivity index (χ2v) is 8.30. The molecule has 1 aromatic rings. The van der Waals surface area contributed by atoms with Crippen molar-refractivity contribution in [1.29, 1.82) is 0 Å². The maximum absolute atomic E-state index is 12.6. The van der Waals surface area contributed by atoms with Crippen molar-refractivity contribution in [2.24, 2.45) is 5.73 Å². The normalized spacial score (nSPS) is 12.9. The van der Waals surface area contributed by atoms with Crippen molar-refractivity contribution in [2.75, 3.05) is 24.6 Å². The van der Waals surface area contributed by atoms with Gasteiger partial charge >= 0.3 is 0 Å². The quantitative estimate of drug-likeness (QED) is 0.111. The molecule has 0 heterocycles. The van der Waals surface area contributed by atoms with Crippen molar-refractivity contribution in [3.63, 3.8) is 0 Å². The van der Waals surface area contributed by atoms with Crippen LogP contribution in [0, 0.1) is 0 Å². The summed E-state index contributed by atoms with van der Waals surface area (Å²) in [6, 6.07) is 2.82. The van der Waals surface area contributed by atoms with Gasteiger partial charge in [0.05, 0.1) is 13.1 Å². The molecule has 0 saturated heterocycles. The zero-order valence-electron chi connectivity index (χ0n) is 19.4. The third-order valence-corrected chi connectivity index (χ3v) is 5.31. The molecule has 0 fully saturated rings. The predicted molar refractivity (Wildman–Crippen MR) is 136 cm³/mol. The smallest absolute Gasteiger partial charge is 0.244 e. The van der Waals surface area contributed by atoms with Crippen molar-refractivity contribution >= 4 is 60.7 Å². The Kier molecular flexibility index (Phi) is 13.2. The van der Waals surface area contributed by atoms with Crippen molar-refractivity contribution in [3.8, 4) is 5.75 Å². The Morgan fingerprint density at radius 2 is 1.33 bits per heavy atom. The highest BCUT2D eigenvalue weighted by atomic mass is 32.1. The summed E-state index contributed by atoms with van der Waals surface area (Å²) >= 11 is 8.03. The highest BCUT2D eigenvalue weighted by Crippen LogP contribution is 2.11. The molecule has 0 aromatic heterocycles. The van der Waals surface area contributed by atoms with Gasteiger partial charge in [-0.05, 0) is 17.7 Å². The topological polar surface area (TPSA) is 209 Å². The van der Waals surface area contributed by atoms with E-state index in [9.17, 15) is 33.9 Å². The summed E-state index contributed by atoms with van der Waals surface area (Å²) in [5.41, 5.74) is 5.63. The molecular formula is C21H30N6O7S2. The average molecular weight is 543 g/mol. The van der Waals surface area contributed by atoms with Gasteiger partial charge in [0, 0.05) is 24.9 Å². The van der Waals surface area contributed by atoms with Gasteiger partial charge in [-0.25, -0.2) is 0 Å². The van der Waals surface area contributed by atoms with Crippen LogP contribution in [0.4, 0.5) is 0 Å². The van der Waals surface area contributed by atoms with E-state index in [1.807, 2.05) is 0 Å². The van der Waals surface area contributed by atoms with Gasteiger partial charge in [0.25, 0.3) is 0 Å². The minimum atomic E-state index is -1.15. The number of amides is 6. The SMILES string of the molecule is CC(=O)N[C@@H](Cc1ccc(O)cc1)C(=O)NCC(=O)N[C@@H](CS)C(=O)N[C@@H](CS)C(=O)NCC(N)=O. The molecule has 6 amide bonds. The van der Waals surface area contributed by atoms with Crippen LogP contribution in [0.2, 0.25) is 0 Å². The van der Waals surface area contributed by atoms with E-state index in [-0.39, 0.29) is 23.7 Å². The summed E-state index contributed by atoms with van der Waals surface area (Å²) in [4.78, 5) is 71.7. The molecule has 0 unspecified atom stereocenters. The molecule has 1 rings (SSSR count). The van der Waals surface area contributed by atoms with Gasteiger partial charge < -0.3 is 37.4 Å². The van der Waals surface area contributed by atoms with Crippen molar-refractivity contribution < 1.29 is 33.9 Å². The fourth-order valence-corrected chi connectivity index (χ4v) is 3.33. The van der Waals surface area contributed by atoms with E-state index in [4.69, 9.17) is 5.73 Å². The lowest BCUT2D eigenvalue weighted by atomic mass is 10.0. The standard InChI is InChI=1S/C21H30N6O7S2/c1-11(28)25-14(6-12-2-4-13(29)5-3-12)19(32)24-8-18(31)26-16(10-36)21(34)27-15(9-35)20(33)23-7-17(22)30/h2-5,14-16,29,35-36H,6-10H2,1H3,(H2,22,30)(H,23,33)(H,24,32)(H,25,28)(H,26,31)(H,27,34)/t14-,15-,16-/m0/s1. The van der Waals surface area contributed by atoms with Crippen LogP contribution >= 0.6 is 25.3 Å². The Balaban J connectivity index is 2.67. The molecular weight excluding hydrogens is 512 g/mol. The fraction of sp³-hybridized carbons (Fsp3) is 0.429. The Morgan fingerprint density at radius 1 is 0.806 bits per heavy atom. The summed E-state index contributed by atoms with van der Waals surface area (Å²) in [5, 5.41) is 21.3. The van der Waals surface area contributed by atoms with Crippen LogP contribution < -0.4 is 32.3 Å². The number of carbonyl (C=O) groups is 6. The molecule has 0 aliphatic rings. The van der Waals surface area contributed by atoms with Gasteiger partial charge in [-0.1, -0.05) is 12.1 Å². The van der Waals surface area contributed by atoms with Crippen molar-refractivity contribution in [2.45, 2.75) is 31.5 Å². The lowest BCUT2D eigenvalue weighted by molar-refractivity contribution is -0.132. The molecule has 36 heavy (non-hydrogen) atoms. The molecule has 3 atom stereocenters. The van der Waals surface area contributed by atoms with E-state index in [2.05, 4.69) is 51.8 Å². The van der Waals surface area contributed by atoms with Gasteiger partial charge in [-0.2, -0.15) is 25.3 Å². The Hall–Kier alpha value is -3.46. The summed E-state index contributed by atoms with van der Waals surface area (Å²) in [6.07, 6.45) is 0.109. The molecule has 0 bridgehead atoms. The molecule has 0 aliphatic heterocycles. The first kappa shape index (κ1) is 30.6. The minimum absolute atomic E-state index is 0.0470. The zero-order chi connectivity index (χ0) is 27.3. The summed E-state index contributed by atoms with van der Waals surface area (Å²) in [6.45, 7) is 0.320. The number of hydrogen-bond donors (Lipinski definition) is 9. The zero-order valence-corrected chi connectivity index (χ0v) is 21.2. The summed E-state index contributed by atoms with van der Waals surface area (Å²) in [7, 11) is 0. The number of thiol groups is 2. The monoisotopic (exact) mass is 542 g/mol. The van der Waals surface area contributed by atoms with Crippen LogP contribution in [0.3, 0.4) is 0 Å². The van der Waals surface area contributed by atoms with Gasteiger partial charge in [0.2, 0.25) is 35.4 Å². The lowest BCUT2D eigenvalue weighted by Gasteiger charge is -2.21. The molecule has 198 valence electrons. The number of primary amides is 1. The second kappa shape index (κ2) is 15.5. The first-order chi connectivity index (χ1) is 17.0. The second-order valence-electron chi connectivity index (χ2n) is 7.57. The molecule has 8 N–H and O–H groups in total. The number of hydrogen-bond acceptors (Lipinski definition) is 9. The van der Waals surface area contributed by atoms with Gasteiger partial charge in [0.15, 0.2) is 0 Å². The average Bonchev–Trinajstić information content (AvgIpc) is 2.83. The van der Waals surface area contributed by atoms with E-state index in [1.54, 1.807) is 12.1 Å². The van der Waals surface area contributed by atoms with E-state index in [0.29, 0.717) is 5.56 Å². The highest BCUT2D eigenvalue weighted by Gasteiger charge is 2.26. The lowest BCUT2D eigenvalue weighted by Crippen LogP contribution is -2.57. The van der Waals surface area contributed by atoms with E-state index >= 15 is 0 Å². The van der Waals surface area contributed by atoms with Gasteiger partial charge in [-0.15, -0.1) is 0 Å². The van der Waals surface area contributed by atoms with Crippen LogP contribution in [0.25, 0.3) is 0 Å². The molecule has 15 heteroatoms. The number of aromatic hydroxyl groups is 1. The van der Waals surface area contributed by atoms with Crippen LogP contribution in [0.15, 0.2) is 24.3 Å². The van der Waals surface area contributed by atoms with Crippen LogP contribution in [-0.2, 0) is 35.2 Å². The first-order valence-corrected chi connectivity index (χ1v) is 11.9. The highest BCUT2D eigenvalue weighted by molar-refractivity contribution is 7.80. The molecule has 0 saturated carbocycles. The van der Waals surface area contributed by atoms with Crippen LogP contribution in [0.1, 0.15) is 12.5 Å². The van der Waals surface area contributed by atoms with Gasteiger partial charge in [-0.3, -0.25) is 28.8 Å². The van der Waals surface area contributed by atoms with Crippen LogP contribution in [0.5, 0.6) is 5.75 Å². The van der Waals surface area contributed by atoms with Crippen molar-refractivity contribution in [1.82, 2.24) is 26.6 Å². The number of nitrogens with two attached hydrogens (primary N) is 1. The third kappa shape index (κ3) is 11.3. The number of phenolic OH excluding ortho intramolecular Hbond substituents is 1. The maximum Gasteiger partial charge on any atom is 0.244 e. The number of phenols is 1. The molecule has 0 aliphatic carbocycles. The molecule has 1 aromatic carbocycles. The Bertz CT molecular complexity index is 961. The maximum atomic E-state index is 12.6. The molecule has 0 radical (unpaired) electrons. The van der Waals surface area contributed by atoms with Crippen LogP contribution in [-0.4, -0.2) is 83.3 Å². The molecule has 0 spiro atoms. The minimum Gasteiger partial charge on any atom is -0.508 e. The van der Waals surface area contributed by atoms with E-state index in [0.717, 1.165) is 0 Å². The Morgan fingerprint density at radius 3 is 1.86 bits per heavy atom. The summed E-state index contributed by atoms with van der Waals surface area (Å²) in [5.74, 6) is -4.17. The number of benzene rings is 1. The van der Waals surface area contributed by atoms with Crippen molar-refractivity contribution in [3.05, 3.63) is 29.8 Å². The predicted octanol–water partition coefficient (Wildman–Crippen LogP) is -3.01. The third-order valence-electron chi connectivity index (χ3n) is 4.58. The Labute approximate surface area is 218 Å². The first-order valence-electron chi connectivity index (χ1n) is 10.7. The number of nitrogens with one attached hydrogen (secondary N) is 5. The van der Waals surface area contributed by atoms with E-state index in [1.165, 1.54) is 19.1 Å². The fourth-order valence-electron chi connectivity index (χ4n) is 2.82. The number of rotatable bonds is 14. The summed E-state index contributed by atoms with van der Waals surface area (Å²) < 4.78 is 0. The molecule has 13 nitrogen and oxygen atoms in total.